The van der Waals surface area contributed by atoms with E-state index in [9.17, 15) is 13.6 Å². The van der Waals surface area contributed by atoms with Gasteiger partial charge in [-0.3, -0.25) is 9.78 Å². The monoisotopic (exact) mass is 419 g/mol. The molecule has 2 aromatic carbocycles. The van der Waals surface area contributed by atoms with Crippen LogP contribution in [0.3, 0.4) is 0 Å². The number of carbonyl (C=O) groups excluding carboxylic acids is 1. The molecule has 156 valence electrons. The highest BCUT2D eigenvalue weighted by atomic mass is 19.1. The molecule has 0 aliphatic heterocycles. The average molecular weight is 419 g/mol. The molecule has 0 saturated heterocycles. The van der Waals surface area contributed by atoms with Crippen LogP contribution in [0.15, 0.2) is 67.0 Å². The van der Waals surface area contributed by atoms with Crippen LogP contribution in [0.5, 0.6) is 0 Å². The number of rotatable bonds is 5. The summed E-state index contributed by atoms with van der Waals surface area (Å²) in [6.07, 6.45) is 3.22. The number of benzene rings is 2. The van der Waals surface area contributed by atoms with Gasteiger partial charge in [0.15, 0.2) is 5.69 Å². The summed E-state index contributed by atoms with van der Waals surface area (Å²) in [4.78, 5) is 17.2. The third-order valence-electron chi connectivity index (χ3n) is 4.92. The van der Waals surface area contributed by atoms with E-state index in [1.54, 1.807) is 62.6 Å². The molecule has 0 spiro atoms. The Balaban J connectivity index is 1.73. The van der Waals surface area contributed by atoms with Gasteiger partial charge in [-0.15, -0.1) is 5.10 Å². The summed E-state index contributed by atoms with van der Waals surface area (Å²) in [5, 5.41) is 11.1. The highest BCUT2D eigenvalue weighted by molar-refractivity contribution is 5.98. The summed E-state index contributed by atoms with van der Waals surface area (Å²) in [5.74, 6) is -1.13. The second kappa shape index (κ2) is 8.43. The lowest BCUT2D eigenvalue weighted by molar-refractivity contribution is 0.0935. The van der Waals surface area contributed by atoms with E-state index < -0.39 is 5.91 Å². The van der Waals surface area contributed by atoms with Crippen molar-refractivity contribution >= 4 is 5.91 Å². The third kappa shape index (κ3) is 4.18. The molecule has 0 radical (unpaired) electrons. The van der Waals surface area contributed by atoms with E-state index in [2.05, 4.69) is 20.6 Å². The zero-order valence-corrected chi connectivity index (χ0v) is 16.9. The van der Waals surface area contributed by atoms with Crippen molar-refractivity contribution in [1.82, 2.24) is 25.3 Å². The number of aromatic nitrogens is 4. The first-order valence-corrected chi connectivity index (χ1v) is 9.63. The summed E-state index contributed by atoms with van der Waals surface area (Å²) < 4.78 is 28.4. The Morgan fingerprint density at radius 2 is 1.87 bits per heavy atom. The molecule has 4 rings (SSSR count). The molecule has 1 N–H and O–H groups in total. The molecule has 0 aliphatic rings. The molecule has 0 bridgehead atoms. The molecular formula is C23H19F2N5O. The van der Waals surface area contributed by atoms with Gasteiger partial charge in [-0.2, -0.15) is 0 Å². The summed E-state index contributed by atoms with van der Waals surface area (Å²) >= 11 is 0. The highest BCUT2D eigenvalue weighted by Gasteiger charge is 2.24. The SMILES string of the molecule is Cc1cc(-n2nnc(C(=O)N[C@H](C)c3ccc(F)cc3)c2-c2cccnc2)ccc1F. The number of nitrogens with zero attached hydrogens (tertiary/aromatic N) is 4. The van der Waals surface area contributed by atoms with Crippen LogP contribution in [0.1, 0.15) is 34.6 Å². The zero-order chi connectivity index (χ0) is 22.0. The topological polar surface area (TPSA) is 72.7 Å². The van der Waals surface area contributed by atoms with Crippen molar-refractivity contribution < 1.29 is 13.6 Å². The maximum atomic E-state index is 13.8. The lowest BCUT2D eigenvalue weighted by Crippen LogP contribution is -2.27. The lowest BCUT2D eigenvalue weighted by Gasteiger charge is -2.14. The maximum absolute atomic E-state index is 13.8. The van der Waals surface area contributed by atoms with Gasteiger partial charge in [0.25, 0.3) is 5.91 Å². The Morgan fingerprint density at radius 3 is 2.55 bits per heavy atom. The Morgan fingerprint density at radius 1 is 1.10 bits per heavy atom. The van der Waals surface area contributed by atoms with Crippen LogP contribution in [-0.4, -0.2) is 25.9 Å². The third-order valence-corrected chi connectivity index (χ3v) is 4.92. The smallest absolute Gasteiger partial charge is 0.274 e. The average Bonchev–Trinajstić information content (AvgIpc) is 3.22. The van der Waals surface area contributed by atoms with Crippen LogP contribution in [0, 0.1) is 18.6 Å². The fourth-order valence-corrected chi connectivity index (χ4v) is 3.24. The Hall–Kier alpha value is -3.94. The largest absolute Gasteiger partial charge is 0.344 e. The number of halogens is 2. The maximum Gasteiger partial charge on any atom is 0.274 e. The van der Waals surface area contributed by atoms with Crippen molar-refractivity contribution in [3.8, 4) is 16.9 Å². The number of nitrogens with one attached hydrogen (secondary N) is 1. The number of hydrogen-bond donors (Lipinski definition) is 1. The fraction of sp³-hybridized carbons (Fsp3) is 0.130. The van der Waals surface area contributed by atoms with Crippen LogP contribution in [0.25, 0.3) is 16.9 Å². The van der Waals surface area contributed by atoms with Gasteiger partial charge in [-0.25, -0.2) is 13.5 Å². The van der Waals surface area contributed by atoms with Crippen molar-refractivity contribution in [2.75, 3.05) is 0 Å². The molecule has 4 aromatic rings. The molecule has 0 aliphatic carbocycles. The van der Waals surface area contributed by atoms with E-state index in [-0.39, 0.29) is 23.4 Å². The number of carbonyl (C=O) groups is 1. The number of amides is 1. The Bertz CT molecular complexity index is 1220. The predicted octanol–water partition coefficient (Wildman–Crippen LogP) is 4.41. The molecule has 6 nitrogen and oxygen atoms in total. The van der Waals surface area contributed by atoms with Gasteiger partial charge in [0, 0.05) is 18.0 Å². The van der Waals surface area contributed by atoms with Crippen LogP contribution in [0.2, 0.25) is 0 Å². The second-order valence-electron chi connectivity index (χ2n) is 7.12. The van der Waals surface area contributed by atoms with E-state index >= 15 is 0 Å². The van der Waals surface area contributed by atoms with Crippen LogP contribution in [-0.2, 0) is 0 Å². The van der Waals surface area contributed by atoms with Gasteiger partial charge in [0.05, 0.1) is 11.7 Å². The fourth-order valence-electron chi connectivity index (χ4n) is 3.24. The lowest BCUT2D eigenvalue weighted by atomic mass is 10.1. The van der Waals surface area contributed by atoms with Crippen LogP contribution >= 0.6 is 0 Å². The van der Waals surface area contributed by atoms with Gasteiger partial charge in [0.2, 0.25) is 0 Å². The quantitative estimate of drug-likeness (QED) is 0.520. The first-order chi connectivity index (χ1) is 14.9. The van der Waals surface area contributed by atoms with Crippen molar-refractivity contribution in [3.05, 3.63) is 95.4 Å². The molecule has 0 fully saturated rings. The van der Waals surface area contributed by atoms with E-state index in [0.29, 0.717) is 22.5 Å². The summed E-state index contributed by atoms with van der Waals surface area (Å²) in [6.45, 7) is 3.44. The van der Waals surface area contributed by atoms with E-state index in [1.165, 1.54) is 22.9 Å². The van der Waals surface area contributed by atoms with Gasteiger partial charge in [0.1, 0.15) is 17.3 Å². The molecule has 2 heterocycles. The minimum atomic E-state index is -0.444. The van der Waals surface area contributed by atoms with Gasteiger partial charge < -0.3 is 5.32 Å². The molecule has 2 aromatic heterocycles. The van der Waals surface area contributed by atoms with Gasteiger partial charge in [-0.1, -0.05) is 17.3 Å². The first kappa shape index (κ1) is 20.3. The normalized spacial score (nSPS) is 11.9. The molecule has 1 atom stereocenters. The standard InChI is InChI=1S/C23H19F2N5O/c1-14-12-19(9-10-20(14)25)30-22(17-4-3-11-26-13-17)21(28-29-30)23(31)27-15(2)16-5-7-18(24)8-6-16/h3-13,15H,1-2H3,(H,27,31)/t15-/m1/s1. The molecule has 31 heavy (non-hydrogen) atoms. The Kier molecular flexibility index (Phi) is 5.53. The minimum absolute atomic E-state index is 0.101. The van der Waals surface area contributed by atoms with Crippen molar-refractivity contribution in [2.24, 2.45) is 0 Å². The summed E-state index contributed by atoms with van der Waals surface area (Å²) in [6, 6.07) is 13.6. The van der Waals surface area contributed by atoms with Crippen molar-refractivity contribution in [1.29, 1.82) is 0 Å². The van der Waals surface area contributed by atoms with E-state index in [0.717, 1.165) is 5.56 Å². The Labute approximate surface area is 177 Å². The zero-order valence-electron chi connectivity index (χ0n) is 16.9. The first-order valence-electron chi connectivity index (χ1n) is 9.63. The number of hydrogen-bond acceptors (Lipinski definition) is 4. The van der Waals surface area contributed by atoms with Gasteiger partial charge in [-0.05, 0) is 67.4 Å². The number of pyridine rings is 1. The molecule has 0 unspecified atom stereocenters. The van der Waals surface area contributed by atoms with E-state index in [1.807, 2.05) is 0 Å². The van der Waals surface area contributed by atoms with Crippen molar-refractivity contribution in [3.63, 3.8) is 0 Å². The second-order valence-corrected chi connectivity index (χ2v) is 7.12. The van der Waals surface area contributed by atoms with Crippen molar-refractivity contribution in [2.45, 2.75) is 19.9 Å². The minimum Gasteiger partial charge on any atom is -0.344 e. The summed E-state index contributed by atoms with van der Waals surface area (Å²) in [7, 11) is 0. The van der Waals surface area contributed by atoms with E-state index in [4.69, 9.17) is 0 Å². The summed E-state index contributed by atoms with van der Waals surface area (Å²) in [5.41, 5.74) is 2.93. The predicted molar refractivity (Wildman–Crippen MR) is 112 cm³/mol. The van der Waals surface area contributed by atoms with Gasteiger partial charge >= 0.3 is 0 Å². The van der Waals surface area contributed by atoms with Crippen LogP contribution < -0.4 is 5.32 Å². The van der Waals surface area contributed by atoms with Crippen LogP contribution in [0.4, 0.5) is 8.78 Å². The number of aryl methyl sites for hydroxylation is 1. The highest BCUT2D eigenvalue weighted by Crippen LogP contribution is 2.26. The molecular weight excluding hydrogens is 400 g/mol. The molecule has 8 heteroatoms. The molecule has 1 amide bonds. The molecule has 0 saturated carbocycles.